The highest BCUT2D eigenvalue weighted by atomic mass is 16.5. The number of amides is 1. The van der Waals surface area contributed by atoms with Crippen molar-refractivity contribution in [1.82, 2.24) is 0 Å². The summed E-state index contributed by atoms with van der Waals surface area (Å²) in [6.07, 6.45) is 1.73. The molecule has 45 heavy (non-hydrogen) atoms. The molecule has 0 aliphatic carbocycles. The zero-order chi connectivity index (χ0) is 32.1. The van der Waals surface area contributed by atoms with E-state index in [9.17, 15) is 4.79 Å². The molecule has 236 valence electrons. The van der Waals surface area contributed by atoms with Crippen molar-refractivity contribution in [3.05, 3.63) is 94.0 Å². The van der Waals surface area contributed by atoms with Gasteiger partial charge in [-0.15, -0.1) is 0 Å². The Morgan fingerprint density at radius 1 is 0.822 bits per heavy atom. The predicted molar refractivity (Wildman–Crippen MR) is 180 cm³/mol. The van der Waals surface area contributed by atoms with Crippen molar-refractivity contribution >= 4 is 29.2 Å². The van der Waals surface area contributed by atoms with Crippen molar-refractivity contribution in [1.29, 1.82) is 0 Å². The van der Waals surface area contributed by atoms with Crippen LogP contribution in [0.25, 0.3) is 0 Å². The molecular weight excluding hydrogens is 568 g/mol. The van der Waals surface area contributed by atoms with Gasteiger partial charge in [-0.05, 0) is 97.0 Å². The number of fused-ring (bicyclic) bond motifs is 1. The number of nitrogen functional groups attached to an aromatic ring is 1. The third-order valence-electron chi connectivity index (χ3n) is 8.29. The average Bonchev–Trinajstić information content (AvgIpc) is 3.41. The average molecular weight is 611 g/mol. The molecule has 1 atom stereocenters. The molecule has 0 fully saturated rings. The van der Waals surface area contributed by atoms with Crippen molar-refractivity contribution in [2.24, 2.45) is 0 Å². The van der Waals surface area contributed by atoms with Gasteiger partial charge in [0.1, 0.15) is 13.2 Å². The van der Waals surface area contributed by atoms with E-state index in [1.54, 1.807) is 14.2 Å². The highest BCUT2D eigenvalue weighted by molar-refractivity contribution is 5.82. The van der Waals surface area contributed by atoms with Gasteiger partial charge in [0.25, 0.3) is 0 Å². The number of carbonyl (C=O) groups is 1. The number of methoxy groups -OCH3 is 2. The van der Waals surface area contributed by atoms with Gasteiger partial charge in [-0.2, -0.15) is 0 Å². The standard InChI is InChI=1S/C36H42N4O5/c1-22-8-7-9-32-29(22)15-28(40(32)21-41)18-39-31-17-36(34(43-6)11-24(31)3)45-20-26-12-25(13-27(37)14-26)19-44-35-16-30(38-4)23(2)10-33(35)42-5/h7-14,16-17,21,28,38-39H,15,18-20,37H2,1-6H3. The topological polar surface area (TPSA) is 107 Å². The van der Waals surface area contributed by atoms with E-state index in [1.807, 2.05) is 80.4 Å². The number of carbonyl (C=O) groups excluding carboxylic acids is 1. The highest BCUT2D eigenvalue weighted by Crippen LogP contribution is 2.37. The molecule has 0 spiro atoms. The van der Waals surface area contributed by atoms with E-state index in [0.717, 1.165) is 52.1 Å². The van der Waals surface area contributed by atoms with Crippen molar-refractivity contribution < 1.29 is 23.7 Å². The lowest BCUT2D eigenvalue weighted by Gasteiger charge is -2.23. The van der Waals surface area contributed by atoms with Crippen LogP contribution < -0.4 is 40.2 Å². The van der Waals surface area contributed by atoms with Crippen LogP contribution in [0.1, 0.15) is 33.4 Å². The number of aryl methyl sites for hydroxylation is 3. The van der Waals surface area contributed by atoms with Gasteiger partial charge in [0, 0.05) is 48.5 Å². The first-order valence-electron chi connectivity index (χ1n) is 15.0. The fourth-order valence-electron chi connectivity index (χ4n) is 5.87. The van der Waals surface area contributed by atoms with E-state index in [1.165, 1.54) is 11.1 Å². The summed E-state index contributed by atoms with van der Waals surface area (Å²) >= 11 is 0. The van der Waals surface area contributed by atoms with Gasteiger partial charge in [0.05, 0.1) is 20.3 Å². The molecule has 0 saturated carbocycles. The molecule has 0 saturated heterocycles. The largest absolute Gasteiger partial charge is 0.493 e. The van der Waals surface area contributed by atoms with Gasteiger partial charge in [-0.3, -0.25) is 4.79 Å². The second-order valence-electron chi connectivity index (χ2n) is 11.4. The van der Waals surface area contributed by atoms with Crippen LogP contribution in [0.2, 0.25) is 0 Å². The SMILES string of the molecule is CNc1cc(OCc2cc(N)cc(COc3cc(NCC4Cc5c(C)cccc5N4C=O)c(C)cc3OC)c2)c(OC)cc1C. The number of hydrogen-bond acceptors (Lipinski definition) is 8. The normalized spacial score (nSPS) is 13.6. The second-order valence-corrected chi connectivity index (χ2v) is 11.4. The molecule has 4 aromatic rings. The fraction of sp³-hybridized carbons (Fsp3) is 0.306. The number of ether oxygens (including phenoxy) is 4. The molecule has 1 aliphatic heterocycles. The lowest BCUT2D eigenvalue weighted by molar-refractivity contribution is -0.107. The molecule has 9 nitrogen and oxygen atoms in total. The summed E-state index contributed by atoms with van der Waals surface area (Å²) < 4.78 is 23.6. The maximum Gasteiger partial charge on any atom is 0.214 e. The van der Waals surface area contributed by atoms with Gasteiger partial charge in [-0.1, -0.05) is 12.1 Å². The molecule has 0 aromatic heterocycles. The summed E-state index contributed by atoms with van der Waals surface area (Å²) in [6.45, 7) is 7.31. The van der Waals surface area contributed by atoms with Gasteiger partial charge >= 0.3 is 0 Å². The number of benzene rings is 4. The zero-order valence-electron chi connectivity index (χ0n) is 26.8. The molecule has 0 bridgehead atoms. The van der Waals surface area contributed by atoms with Crippen LogP contribution >= 0.6 is 0 Å². The monoisotopic (exact) mass is 610 g/mol. The summed E-state index contributed by atoms with van der Waals surface area (Å²) in [4.78, 5) is 13.8. The molecule has 1 amide bonds. The highest BCUT2D eigenvalue weighted by Gasteiger charge is 2.30. The van der Waals surface area contributed by atoms with Crippen LogP contribution in [0.15, 0.2) is 60.7 Å². The number of rotatable bonds is 13. The van der Waals surface area contributed by atoms with Crippen LogP contribution in [0.3, 0.4) is 0 Å². The maximum absolute atomic E-state index is 12.0. The van der Waals surface area contributed by atoms with E-state index < -0.39 is 0 Å². The Balaban J connectivity index is 1.27. The van der Waals surface area contributed by atoms with E-state index in [4.69, 9.17) is 24.7 Å². The minimum Gasteiger partial charge on any atom is -0.493 e. The molecule has 5 rings (SSSR count). The lowest BCUT2D eigenvalue weighted by Crippen LogP contribution is -2.36. The quantitative estimate of drug-likeness (QED) is 0.118. The Morgan fingerprint density at radius 2 is 1.42 bits per heavy atom. The number of nitrogens with zero attached hydrogens (tertiary/aromatic N) is 1. The minimum atomic E-state index is 0.0158. The van der Waals surface area contributed by atoms with Crippen LogP contribution in [0.4, 0.5) is 22.7 Å². The maximum atomic E-state index is 12.0. The van der Waals surface area contributed by atoms with Gasteiger partial charge in [-0.25, -0.2) is 0 Å². The van der Waals surface area contributed by atoms with Gasteiger partial charge in [0.2, 0.25) is 6.41 Å². The molecule has 1 aliphatic rings. The van der Waals surface area contributed by atoms with Crippen LogP contribution in [0, 0.1) is 20.8 Å². The Bertz CT molecular complexity index is 1690. The molecule has 4 aromatic carbocycles. The molecule has 0 radical (unpaired) electrons. The summed E-state index contributed by atoms with van der Waals surface area (Å²) in [5.41, 5.74) is 16.1. The van der Waals surface area contributed by atoms with Gasteiger partial charge in [0.15, 0.2) is 23.0 Å². The third-order valence-corrected chi connectivity index (χ3v) is 8.29. The first-order valence-corrected chi connectivity index (χ1v) is 15.0. The molecule has 1 heterocycles. The lowest BCUT2D eigenvalue weighted by atomic mass is 10.0. The first kappa shape index (κ1) is 31.4. The fourth-order valence-corrected chi connectivity index (χ4v) is 5.87. The smallest absolute Gasteiger partial charge is 0.214 e. The zero-order valence-corrected chi connectivity index (χ0v) is 26.8. The molecular formula is C36H42N4O5. The number of nitrogens with two attached hydrogens (primary N) is 1. The van der Waals surface area contributed by atoms with E-state index in [-0.39, 0.29) is 12.6 Å². The van der Waals surface area contributed by atoms with Crippen LogP contribution in [0.5, 0.6) is 23.0 Å². The van der Waals surface area contributed by atoms with Gasteiger partial charge < -0.3 is 40.2 Å². The van der Waals surface area contributed by atoms with Crippen molar-refractivity contribution in [2.45, 2.75) is 46.4 Å². The summed E-state index contributed by atoms with van der Waals surface area (Å²) in [7, 11) is 5.14. The molecule has 9 heteroatoms. The van der Waals surface area contributed by atoms with Crippen molar-refractivity contribution in [3.8, 4) is 23.0 Å². The second kappa shape index (κ2) is 13.7. The molecule has 4 N–H and O–H groups in total. The number of nitrogens with one attached hydrogen (secondary N) is 2. The Labute approximate surface area is 265 Å². The number of hydrogen-bond donors (Lipinski definition) is 3. The van der Waals surface area contributed by atoms with E-state index >= 15 is 0 Å². The van der Waals surface area contributed by atoms with Crippen molar-refractivity contribution in [2.75, 3.05) is 49.1 Å². The Hall–Kier alpha value is -5.05. The first-order chi connectivity index (χ1) is 21.7. The van der Waals surface area contributed by atoms with E-state index in [0.29, 0.717) is 41.8 Å². The van der Waals surface area contributed by atoms with E-state index in [2.05, 4.69) is 23.6 Å². The molecule has 1 unspecified atom stereocenters. The Kier molecular flexibility index (Phi) is 9.56. The van der Waals surface area contributed by atoms with Crippen molar-refractivity contribution in [3.63, 3.8) is 0 Å². The van der Waals surface area contributed by atoms with Crippen LogP contribution in [-0.4, -0.2) is 40.3 Å². The number of anilines is 4. The third kappa shape index (κ3) is 6.87. The summed E-state index contributed by atoms with van der Waals surface area (Å²) in [5, 5.41) is 6.73. The summed E-state index contributed by atoms with van der Waals surface area (Å²) in [5.74, 6) is 2.55. The van der Waals surface area contributed by atoms with Crippen LogP contribution in [-0.2, 0) is 24.4 Å². The Morgan fingerprint density at radius 3 is 2.00 bits per heavy atom. The summed E-state index contributed by atoms with van der Waals surface area (Å²) in [6, 6.07) is 19.7. The predicted octanol–water partition coefficient (Wildman–Crippen LogP) is 6.41. The minimum absolute atomic E-state index is 0.0158.